The molecule has 5 nitrogen and oxygen atoms in total. The van der Waals surface area contributed by atoms with Crippen molar-refractivity contribution in [3.8, 4) is 0 Å². The van der Waals surface area contributed by atoms with Crippen molar-refractivity contribution in [1.29, 1.82) is 0 Å². The van der Waals surface area contributed by atoms with Crippen LogP contribution in [0, 0.1) is 0 Å². The Bertz CT molecular complexity index is 439. The van der Waals surface area contributed by atoms with Gasteiger partial charge in [0.05, 0.1) is 10.9 Å². The lowest BCUT2D eigenvalue weighted by molar-refractivity contribution is 0.0997. The second-order valence-corrected chi connectivity index (χ2v) is 2.36. The van der Waals surface area contributed by atoms with Crippen molar-refractivity contribution in [3.63, 3.8) is 0 Å². The van der Waals surface area contributed by atoms with Crippen LogP contribution in [0.4, 0.5) is 0 Å². The van der Waals surface area contributed by atoms with Crippen LogP contribution in [-0.4, -0.2) is 21.1 Å². The molecule has 3 N–H and O–H groups in total. The number of carbonyl (C=O) groups excluding carboxylic acids is 1. The summed E-state index contributed by atoms with van der Waals surface area (Å²) in [4.78, 5) is 14.6. The molecule has 1 amide bonds. The molecule has 0 bridgehead atoms. The van der Waals surface area contributed by atoms with Gasteiger partial charge in [0.25, 0.3) is 5.91 Å². The maximum absolute atomic E-state index is 10.8. The number of nitrogens with one attached hydrogen (secondary N) is 1. The number of hydrogen-bond acceptors (Lipinski definition) is 3. The van der Waals surface area contributed by atoms with E-state index in [9.17, 15) is 4.79 Å². The highest BCUT2D eigenvalue weighted by Gasteiger charge is 2.09. The normalized spacial score (nSPS) is 9.54. The van der Waals surface area contributed by atoms with Crippen molar-refractivity contribution in [3.05, 3.63) is 24.2 Å². The third-order valence-electron chi connectivity index (χ3n) is 1.60. The lowest BCUT2D eigenvalue weighted by Gasteiger charge is -1.87. The first kappa shape index (κ1) is 9.47. The van der Waals surface area contributed by atoms with Crippen LogP contribution in [-0.2, 0) is 0 Å². The lowest BCUT2D eigenvalue weighted by atomic mass is 10.2. The summed E-state index contributed by atoms with van der Waals surface area (Å²) in [7, 11) is 0. The van der Waals surface area contributed by atoms with Crippen molar-refractivity contribution in [2.24, 2.45) is 5.73 Å². The van der Waals surface area contributed by atoms with E-state index in [-0.39, 0.29) is 18.1 Å². The highest BCUT2D eigenvalue weighted by Crippen LogP contribution is 2.12. The number of H-pyrrole nitrogens is 1. The standard InChI is InChI=1S/C7H6N4O.ClH/c8-7(12)6-4-3-9-2-1-5(4)10-11-6;/h1-3H,(H2,8,12)(H,10,11);1H. The number of pyridine rings is 1. The molecule has 0 saturated carbocycles. The second-order valence-electron chi connectivity index (χ2n) is 2.36. The molecular formula is C7H7ClN4O. The fraction of sp³-hybridized carbons (Fsp3) is 0. The van der Waals surface area contributed by atoms with Crippen LogP contribution in [0.1, 0.15) is 10.5 Å². The fourth-order valence-electron chi connectivity index (χ4n) is 1.04. The number of carbonyl (C=O) groups is 1. The van der Waals surface area contributed by atoms with Gasteiger partial charge in [0.15, 0.2) is 5.69 Å². The summed E-state index contributed by atoms with van der Waals surface area (Å²) >= 11 is 0. The van der Waals surface area contributed by atoms with E-state index in [4.69, 9.17) is 5.73 Å². The van der Waals surface area contributed by atoms with Crippen molar-refractivity contribution in [1.82, 2.24) is 15.2 Å². The van der Waals surface area contributed by atoms with Gasteiger partial charge in [0.2, 0.25) is 0 Å². The number of primary amides is 1. The molecule has 0 radical (unpaired) electrons. The number of nitrogens with two attached hydrogens (primary N) is 1. The number of hydrogen-bond donors (Lipinski definition) is 2. The van der Waals surface area contributed by atoms with E-state index in [1.165, 1.54) is 0 Å². The molecule has 2 heterocycles. The molecule has 2 aromatic heterocycles. The van der Waals surface area contributed by atoms with Crippen LogP contribution in [0.25, 0.3) is 10.9 Å². The van der Waals surface area contributed by atoms with E-state index in [0.717, 1.165) is 5.52 Å². The molecule has 2 rings (SSSR count). The van der Waals surface area contributed by atoms with Crippen molar-refractivity contribution in [2.45, 2.75) is 0 Å². The van der Waals surface area contributed by atoms with E-state index in [0.29, 0.717) is 5.39 Å². The topological polar surface area (TPSA) is 84.7 Å². The van der Waals surface area contributed by atoms with Crippen LogP contribution in [0.3, 0.4) is 0 Å². The number of amides is 1. The minimum atomic E-state index is -0.547. The average molecular weight is 199 g/mol. The first-order chi connectivity index (χ1) is 5.79. The van der Waals surface area contributed by atoms with Crippen LogP contribution >= 0.6 is 12.4 Å². The van der Waals surface area contributed by atoms with Crippen LogP contribution in [0.2, 0.25) is 0 Å². The minimum absolute atomic E-state index is 0. The maximum Gasteiger partial charge on any atom is 0.269 e. The van der Waals surface area contributed by atoms with Crippen molar-refractivity contribution >= 4 is 29.2 Å². The maximum atomic E-state index is 10.8. The van der Waals surface area contributed by atoms with Crippen LogP contribution in [0.5, 0.6) is 0 Å². The number of halogens is 1. The fourth-order valence-corrected chi connectivity index (χ4v) is 1.04. The summed E-state index contributed by atoms with van der Waals surface area (Å²) in [6.07, 6.45) is 3.17. The molecule has 0 spiro atoms. The zero-order chi connectivity index (χ0) is 8.55. The van der Waals surface area contributed by atoms with Crippen LogP contribution < -0.4 is 5.73 Å². The monoisotopic (exact) mass is 198 g/mol. The van der Waals surface area contributed by atoms with Crippen LogP contribution in [0.15, 0.2) is 18.5 Å². The number of nitrogens with zero attached hydrogens (tertiary/aromatic N) is 2. The number of aromatic nitrogens is 3. The molecule has 6 heteroatoms. The van der Waals surface area contributed by atoms with Gasteiger partial charge >= 0.3 is 0 Å². The summed E-state index contributed by atoms with van der Waals surface area (Å²) in [5.41, 5.74) is 6.07. The molecule has 2 aromatic rings. The smallest absolute Gasteiger partial charge is 0.269 e. The van der Waals surface area contributed by atoms with E-state index >= 15 is 0 Å². The summed E-state index contributed by atoms with van der Waals surface area (Å²) in [5.74, 6) is -0.547. The summed E-state index contributed by atoms with van der Waals surface area (Å²) < 4.78 is 0. The van der Waals surface area contributed by atoms with Crippen molar-refractivity contribution < 1.29 is 4.79 Å². The Morgan fingerprint density at radius 1 is 1.54 bits per heavy atom. The third-order valence-corrected chi connectivity index (χ3v) is 1.60. The molecule has 0 aliphatic rings. The molecule has 0 fully saturated rings. The first-order valence-corrected chi connectivity index (χ1v) is 3.37. The van der Waals surface area contributed by atoms with Gasteiger partial charge in [-0.3, -0.25) is 14.9 Å². The minimum Gasteiger partial charge on any atom is -0.364 e. The zero-order valence-electron chi connectivity index (χ0n) is 6.52. The van der Waals surface area contributed by atoms with Gasteiger partial charge in [-0.15, -0.1) is 12.4 Å². The summed E-state index contributed by atoms with van der Waals surface area (Å²) in [6, 6.07) is 1.73. The molecule has 68 valence electrons. The van der Waals surface area contributed by atoms with E-state index in [1.807, 2.05) is 0 Å². The molecule has 0 saturated heterocycles. The Labute approximate surface area is 79.7 Å². The van der Waals surface area contributed by atoms with E-state index in [1.54, 1.807) is 18.5 Å². The van der Waals surface area contributed by atoms with Gasteiger partial charge < -0.3 is 5.73 Å². The van der Waals surface area contributed by atoms with Crippen molar-refractivity contribution in [2.75, 3.05) is 0 Å². The second kappa shape index (κ2) is 3.40. The largest absolute Gasteiger partial charge is 0.364 e. The average Bonchev–Trinajstić information content (AvgIpc) is 2.47. The van der Waals surface area contributed by atoms with Gasteiger partial charge in [-0.25, -0.2) is 0 Å². The quantitative estimate of drug-likeness (QED) is 0.699. The number of fused-ring (bicyclic) bond motifs is 1. The van der Waals surface area contributed by atoms with Gasteiger partial charge in [-0.2, -0.15) is 5.10 Å². The Hall–Kier alpha value is -1.62. The van der Waals surface area contributed by atoms with Gasteiger partial charge in [-0.1, -0.05) is 0 Å². The van der Waals surface area contributed by atoms with Gasteiger partial charge in [0, 0.05) is 12.4 Å². The first-order valence-electron chi connectivity index (χ1n) is 3.37. The summed E-state index contributed by atoms with van der Waals surface area (Å²) in [5, 5.41) is 7.09. The molecule has 0 aliphatic carbocycles. The van der Waals surface area contributed by atoms with Gasteiger partial charge in [-0.05, 0) is 6.07 Å². The molecule has 0 unspecified atom stereocenters. The Morgan fingerprint density at radius 2 is 2.31 bits per heavy atom. The van der Waals surface area contributed by atoms with Gasteiger partial charge in [0.1, 0.15) is 0 Å². The zero-order valence-corrected chi connectivity index (χ0v) is 7.34. The van der Waals surface area contributed by atoms with E-state index < -0.39 is 5.91 Å². The predicted octanol–water partition coefficient (Wildman–Crippen LogP) is 0.479. The Balaban J connectivity index is 0.000000845. The third kappa shape index (κ3) is 1.46. The lowest BCUT2D eigenvalue weighted by Crippen LogP contribution is -2.11. The highest BCUT2D eigenvalue weighted by atomic mass is 35.5. The SMILES string of the molecule is Cl.NC(=O)c1n[nH]c2ccncc12. The molecule has 0 aromatic carbocycles. The number of aromatic amines is 1. The Morgan fingerprint density at radius 3 is 3.00 bits per heavy atom. The van der Waals surface area contributed by atoms with E-state index in [2.05, 4.69) is 15.2 Å². The molecule has 0 atom stereocenters. The molecule has 0 aliphatic heterocycles. The molecular weight excluding hydrogens is 192 g/mol. The number of rotatable bonds is 1. The Kier molecular flexibility index (Phi) is 2.48. The molecule has 13 heavy (non-hydrogen) atoms. The predicted molar refractivity (Wildman–Crippen MR) is 49.7 cm³/mol. The summed E-state index contributed by atoms with van der Waals surface area (Å²) in [6.45, 7) is 0. The highest BCUT2D eigenvalue weighted by molar-refractivity contribution is 6.03.